The minimum atomic E-state index is -1.03. The van der Waals surface area contributed by atoms with Crippen molar-refractivity contribution in [2.24, 2.45) is 11.3 Å². The number of hydrogen-bond acceptors (Lipinski definition) is 4. The fraction of sp³-hybridized carbons (Fsp3) is 0.815. The second-order valence-corrected chi connectivity index (χ2v) is 21.5. The van der Waals surface area contributed by atoms with Crippen LogP contribution in [0.3, 0.4) is 0 Å². The quantitative estimate of drug-likeness (QED) is 0.0264. The van der Waals surface area contributed by atoms with E-state index in [0.717, 1.165) is 180 Å². The summed E-state index contributed by atoms with van der Waals surface area (Å²) in [6.07, 6.45) is 74.6. The maximum atomic E-state index is 13.7. The smallest absolute Gasteiger partial charge is 0.295 e. The van der Waals surface area contributed by atoms with Crippen LogP contribution >= 0.6 is 0 Å². The van der Waals surface area contributed by atoms with E-state index in [2.05, 4.69) is 114 Å². The van der Waals surface area contributed by atoms with Crippen LogP contribution in [0.15, 0.2) is 72.9 Å². The third-order valence-corrected chi connectivity index (χ3v) is 15.7. The predicted octanol–water partition coefficient (Wildman–Crippen LogP) is 22.1. The zero-order valence-corrected chi connectivity index (χ0v) is 47.5. The third kappa shape index (κ3) is 28.7. The van der Waals surface area contributed by atoms with E-state index < -0.39 is 11.2 Å². The summed E-state index contributed by atoms with van der Waals surface area (Å²) in [4.78, 5) is 20.6. The van der Waals surface area contributed by atoms with Crippen LogP contribution in [-0.4, -0.2) is 22.9 Å². The van der Waals surface area contributed by atoms with Crippen molar-refractivity contribution in [2.45, 2.75) is 322 Å². The Morgan fingerprint density at radius 1 is 0.400 bits per heavy atom. The highest BCUT2D eigenvalue weighted by Gasteiger charge is 2.69. The van der Waals surface area contributed by atoms with E-state index in [1.807, 2.05) is 0 Å². The molecule has 1 rings (SSSR count). The Morgan fingerprint density at radius 3 is 0.971 bits per heavy atom. The lowest BCUT2D eigenvalue weighted by atomic mass is 9.49. The molecule has 0 aromatic carbocycles. The zero-order valence-electron chi connectivity index (χ0n) is 47.5. The summed E-state index contributed by atoms with van der Waals surface area (Å²) in [5, 5.41) is 13.3. The maximum Gasteiger partial charge on any atom is 0.295 e. The fourth-order valence-corrected chi connectivity index (χ4v) is 11.5. The number of allylic oxidation sites excluding steroid dienone is 12. The van der Waals surface area contributed by atoms with Crippen molar-refractivity contribution in [3.63, 3.8) is 0 Å². The molecular weight excluding hydrogens is 859 g/mol. The highest BCUT2D eigenvalue weighted by molar-refractivity contribution is 5.17. The summed E-state index contributed by atoms with van der Waals surface area (Å²) in [7, 11) is 0. The molecule has 0 aromatic rings. The van der Waals surface area contributed by atoms with Crippen LogP contribution in [0.5, 0.6) is 0 Å². The molecular formula is C65H117NO4. The minimum absolute atomic E-state index is 0.210. The van der Waals surface area contributed by atoms with Gasteiger partial charge >= 0.3 is 0 Å². The summed E-state index contributed by atoms with van der Waals surface area (Å²) in [6.45, 7) is 14.3. The van der Waals surface area contributed by atoms with Gasteiger partial charge in [0.1, 0.15) is 0 Å². The number of hydrogen-bond donors (Lipinski definition) is 0. The molecule has 1 aliphatic rings. The van der Waals surface area contributed by atoms with Crippen molar-refractivity contribution in [3.8, 4) is 0 Å². The molecule has 0 aromatic heterocycles. The molecule has 2 atom stereocenters. The van der Waals surface area contributed by atoms with E-state index in [1.165, 1.54) is 83.5 Å². The van der Waals surface area contributed by atoms with Gasteiger partial charge in [-0.25, -0.2) is 0 Å². The first-order valence-electron chi connectivity index (χ1n) is 30.8. The summed E-state index contributed by atoms with van der Waals surface area (Å²) in [5.74, 6) is 0.210. The minimum Gasteiger partial charge on any atom is -0.372 e. The second-order valence-electron chi connectivity index (χ2n) is 21.5. The van der Waals surface area contributed by atoms with E-state index in [9.17, 15) is 10.1 Å². The first-order chi connectivity index (χ1) is 34.4. The molecule has 0 spiro atoms. The van der Waals surface area contributed by atoms with Gasteiger partial charge in [-0.1, -0.05) is 230 Å². The van der Waals surface area contributed by atoms with E-state index >= 15 is 0 Å². The number of rotatable bonds is 50. The standard InChI is InChI=1S/C65H117NO4/c1-7-13-19-25-31-37-43-49-55-62-61-69-64(58-52-46-40-34-28-22-16-10-4,59-53-47-41-35-29-23-17-11-5)65(70-66(67)68,60-54-48-42-36-30-24-18-12-6)63(62,56-50-44-38-32-26-20-14-8-2)57-51-45-39-33-27-21-15-9-3/h25-36,62H,7-24,37-61H2,1-6H3/b31-25+,32-26+,33-27+,34-28+,35-29+,36-30+. The molecule has 0 bridgehead atoms. The Kier molecular flexibility index (Phi) is 43.5. The molecule has 0 aliphatic carbocycles. The van der Waals surface area contributed by atoms with Crippen molar-refractivity contribution < 1.29 is 14.7 Å². The summed E-state index contributed by atoms with van der Waals surface area (Å²) in [6, 6.07) is 0. The molecule has 5 heteroatoms. The van der Waals surface area contributed by atoms with Crippen LogP contribution in [0.1, 0.15) is 311 Å². The first kappa shape index (κ1) is 65.6. The molecule has 2 unspecified atom stereocenters. The molecule has 0 N–H and O–H groups in total. The molecule has 0 amide bonds. The van der Waals surface area contributed by atoms with Crippen molar-refractivity contribution in [1.29, 1.82) is 0 Å². The lowest BCUT2D eigenvalue weighted by Crippen LogP contribution is -2.73. The Balaban J connectivity index is 4.08. The lowest BCUT2D eigenvalue weighted by Gasteiger charge is -2.65. The van der Waals surface area contributed by atoms with Gasteiger partial charge in [-0.15, -0.1) is 10.1 Å². The van der Waals surface area contributed by atoms with Gasteiger partial charge in [0.05, 0.1) is 12.2 Å². The molecule has 70 heavy (non-hydrogen) atoms. The highest BCUT2D eigenvalue weighted by Crippen LogP contribution is 2.63. The first-order valence-corrected chi connectivity index (χ1v) is 30.8. The van der Waals surface area contributed by atoms with E-state index in [-0.39, 0.29) is 16.4 Å². The number of unbranched alkanes of at least 4 members (excludes halogenated alkanes) is 24. The van der Waals surface area contributed by atoms with E-state index in [4.69, 9.17) is 9.57 Å². The zero-order chi connectivity index (χ0) is 51.0. The summed E-state index contributed by atoms with van der Waals surface area (Å²) >= 11 is 0. The van der Waals surface area contributed by atoms with Gasteiger partial charge in [-0.05, 0) is 160 Å². The third-order valence-electron chi connectivity index (χ3n) is 15.7. The topological polar surface area (TPSA) is 61.6 Å². The lowest BCUT2D eigenvalue weighted by molar-refractivity contribution is -0.796. The molecule has 1 heterocycles. The molecule has 0 saturated carbocycles. The van der Waals surface area contributed by atoms with Crippen molar-refractivity contribution >= 4 is 0 Å². The average Bonchev–Trinajstić information content (AvgIpc) is 3.35. The monoisotopic (exact) mass is 976 g/mol. The Morgan fingerprint density at radius 2 is 0.671 bits per heavy atom. The second kappa shape index (κ2) is 46.4. The number of nitrogens with zero attached hydrogens (tertiary/aromatic N) is 1. The summed E-state index contributed by atoms with van der Waals surface area (Å²) < 4.78 is 7.66. The highest BCUT2D eigenvalue weighted by atomic mass is 17.0. The summed E-state index contributed by atoms with van der Waals surface area (Å²) in [5.41, 5.74) is -2.13. The van der Waals surface area contributed by atoms with Crippen molar-refractivity contribution in [3.05, 3.63) is 83.0 Å². The van der Waals surface area contributed by atoms with Crippen molar-refractivity contribution in [1.82, 2.24) is 0 Å². The van der Waals surface area contributed by atoms with E-state index in [0.29, 0.717) is 13.0 Å². The van der Waals surface area contributed by atoms with Gasteiger partial charge < -0.3 is 9.57 Å². The number of ether oxygens (including phenoxy) is 1. The molecule has 1 fully saturated rings. The van der Waals surface area contributed by atoms with Crippen LogP contribution in [0, 0.1) is 21.4 Å². The Bertz CT molecular complexity index is 1310. The van der Waals surface area contributed by atoms with Gasteiger partial charge in [0.15, 0.2) is 5.60 Å². The van der Waals surface area contributed by atoms with Crippen LogP contribution in [0.2, 0.25) is 0 Å². The van der Waals surface area contributed by atoms with Crippen LogP contribution < -0.4 is 0 Å². The van der Waals surface area contributed by atoms with Gasteiger partial charge in [-0.3, -0.25) is 0 Å². The predicted molar refractivity (Wildman–Crippen MR) is 308 cm³/mol. The molecule has 0 radical (unpaired) electrons. The fourth-order valence-electron chi connectivity index (χ4n) is 11.5. The van der Waals surface area contributed by atoms with Crippen LogP contribution in [0.25, 0.3) is 0 Å². The Hall–Kier alpha value is -2.40. The average molecular weight is 977 g/mol. The van der Waals surface area contributed by atoms with Gasteiger partial charge in [-0.2, -0.15) is 0 Å². The molecule has 5 nitrogen and oxygen atoms in total. The molecule has 1 aliphatic heterocycles. The maximum absolute atomic E-state index is 13.7. The SMILES string of the molecule is CCCC/C=C/CCCCC1COC(CCCC/C=C/CCCC)(CCCC/C=C/CCCC)C(CCCC/C=C/CCCC)(O[N+](=O)[O-])C1(CCCC/C=C/CCCC)CCCC/C=C/CCCC. The van der Waals surface area contributed by atoms with Gasteiger partial charge in [0.2, 0.25) is 0 Å². The van der Waals surface area contributed by atoms with E-state index in [1.54, 1.807) is 0 Å². The van der Waals surface area contributed by atoms with Gasteiger partial charge in [0.25, 0.3) is 5.09 Å². The van der Waals surface area contributed by atoms with Crippen LogP contribution in [-0.2, 0) is 9.57 Å². The Labute approximate surface area is 436 Å². The van der Waals surface area contributed by atoms with Gasteiger partial charge in [0, 0.05) is 5.41 Å². The molecule has 1 saturated heterocycles. The normalized spacial score (nSPS) is 18.3. The molecule has 406 valence electrons. The largest absolute Gasteiger partial charge is 0.372 e. The van der Waals surface area contributed by atoms with Crippen molar-refractivity contribution in [2.75, 3.05) is 6.61 Å². The van der Waals surface area contributed by atoms with Crippen LogP contribution in [0.4, 0.5) is 0 Å².